The van der Waals surface area contributed by atoms with Crippen LogP contribution >= 0.6 is 0 Å². The van der Waals surface area contributed by atoms with E-state index in [-0.39, 0.29) is 11.9 Å². The standard InChI is InChI=1S/C15H18N2O2/c1-11(14-7-4-10-19-14)17-15(18)13-6-3-2-5-12(13)8-9-16/h2-7,10-11H,8-9,16H2,1H3,(H,17,18)/t11-/m1/s1. The van der Waals surface area contributed by atoms with Crippen LogP contribution in [0.3, 0.4) is 0 Å². The van der Waals surface area contributed by atoms with E-state index in [9.17, 15) is 4.79 Å². The number of carbonyl (C=O) groups excluding carboxylic acids is 1. The molecule has 0 unspecified atom stereocenters. The molecule has 4 nitrogen and oxygen atoms in total. The number of hydrogen-bond acceptors (Lipinski definition) is 3. The lowest BCUT2D eigenvalue weighted by Gasteiger charge is -2.13. The Bertz CT molecular complexity index is 535. The van der Waals surface area contributed by atoms with Gasteiger partial charge in [0.05, 0.1) is 12.3 Å². The molecule has 1 amide bonds. The first kappa shape index (κ1) is 13.4. The summed E-state index contributed by atoms with van der Waals surface area (Å²) in [6.07, 6.45) is 2.29. The second-order valence-electron chi connectivity index (χ2n) is 4.41. The smallest absolute Gasteiger partial charge is 0.252 e. The van der Waals surface area contributed by atoms with Crippen LogP contribution in [0.5, 0.6) is 0 Å². The largest absolute Gasteiger partial charge is 0.467 e. The summed E-state index contributed by atoms with van der Waals surface area (Å²) in [6, 6.07) is 11.0. The number of nitrogens with one attached hydrogen (secondary N) is 1. The van der Waals surface area contributed by atoms with Gasteiger partial charge in [-0.2, -0.15) is 0 Å². The molecule has 1 aromatic carbocycles. The minimum absolute atomic E-state index is 0.104. The van der Waals surface area contributed by atoms with Crippen LogP contribution in [0, 0.1) is 0 Å². The molecule has 2 rings (SSSR count). The minimum Gasteiger partial charge on any atom is -0.467 e. The Morgan fingerprint density at radius 1 is 1.32 bits per heavy atom. The van der Waals surface area contributed by atoms with E-state index in [0.29, 0.717) is 18.5 Å². The van der Waals surface area contributed by atoms with E-state index >= 15 is 0 Å². The Morgan fingerprint density at radius 3 is 2.79 bits per heavy atom. The van der Waals surface area contributed by atoms with E-state index in [2.05, 4.69) is 5.32 Å². The number of benzene rings is 1. The van der Waals surface area contributed by atoms with E-state index in [0.717, 1.165) is 11.3 Å². The van der Waals surface area contributed by atoms with Crippen LogP contribution in [0.4, 0.5) is 0 Å². The van der Waals surface area contributed by atoms with Gasteiger partial charge in [-0.1, -0.05) is 18.2 Å². The van der Waals surface area contributed by atoms with Crippen molar-refractivity contribution >= 4 is 5.91 Å². The maximum atomic E-state index is 12.3. The van der Waals surface area contributed by atoms with E-state index in [1.54, 1.807) is 12.3 Å². The quantitative estimate of drug-likeness (QED) is 0.864. The van der Waals surface area contributed by atoms with Crippen LogP contribution < -0.4 is 11.1 Å². The molecule has 2 aromatic rings. The first-order valence-corrected chi connectivity index (χ1v) is 6.34. The van der Waals surface area contributed by atoms with Crippen molar-refractivity contribution in [3.05, 3.63) is 59.5 Å². The molecule has 0 aliphatic carbocycles. The van der Waals surface area contributed by atoms with Gasteiger partial charge in [0.1, 0.15) is 5.76 Å². The molecule has 0 spiro atoms. The van der Waals surface area contributed by atoms with Gasteiger partial charge in [-0.15, -0.1) is 0 Å². The van der Waals surface area contributed by atoms with Gasteiger partial charge in [-0.25, -0.2) is 0 Å². The van der Waals surface area contributed by atoms with Crippen LogP contribution in [0.15, 0.2) is 47.1 Å². The maximum absolute atomic E-state index is 12.3. The molecule has 3 N–H and O–H groups in total. The Balaban J connectivity index is 2.11. The molecule has 1 heterocycles. The van der Waals surface area contributed by atoms with Crippen LogP contribution in [0.25, 0.3) is 0 Å². The lowest BCUT2D eigenvalue weighted by atomic mass is 10.0. The van der Waals surface area contributed by atoms with Gasteiger partial charge in [0, 0.05) is 5.56 Å². The first-order chi connectivity index (χ1) is 9.22. The SMILES string of the molecule is C[C@@H](NC(=O)c1ccccc1CCN)c1ccco1. The second kappa shape index (κ2) is 6.20. The first-order valence-electron chi connectivity index (χ1n) is 6.34. The molecular weight excluding hydrogens is 240 g/mol. The van der Waals surface area contributed by atoms with Gasteiger partial charge in [0.25, 0.3) is 5.91 Å². The molecule has 19 heavy (non-hydrogen) atoms. The van der Waals surface area contributed by atoms with E-state index in [1.165, 1.54) is 0 Å². The number of nitrogens with two attached hydrogens (primary N) is 1. The third-order valence-electron chi connectivity index (χ3n) is 2.99. The number of hydrogen-bond donors (Lipinski definition) is 2. The molecule has 0 aliphatic heterocycles. The Labute approximate surface area is 112 Å². The van der Waals surface area contributed by atoms with Gasteiger partial charge in [0.15, 0.2) is 0 Å². The summed E-state index contributed by atoms with van der Waals surface area (Å²) in [5.74, 6) is 0.637. The molecule has 1 atom stereocenters. The monoisotopic (exact) mass is 258 g/mol. The lowest BCUT2D eigenvalue weighted by Crippen LogP contribution is -2.27. The zero-order chi connectivity index (χ0) is 13.7. The van der Waals surface area contributed by atoms with Crippen molar-refractivity contribution in [1.82, 2.24) is 5.32 Å². The summed E-state index contributed by atoms with van der Waals surface area (Å²) < 4.78 is 5.28. The van der Waals surface area contributed by atoms with Gasteiger partial charge >= 0.3 is 0 Å². The topological polar surface area (TPSA) is 68.3 Å². The predicted octanol–water partition coefficient (Wildman–Crippen LogP) is 2.27. The van der Waals surface area contributed by atoms with E-state index < -0.39 is 0 Å². The van der Waals surface area contributed by atoms with Crippen LogP contribution in [0.1, 0.15) is 34.6 Å². The molecule has 0 bridgehead atoms. The van der Waals surface area contributed by atoms with Crippen molar-refractivity contribution < 1.29 is 9.21 Å². The summed E-state index contributed by atoms with van der Waals surface area (Å²) in [5.41, 5.74) is 7.20. The van der Waals surface area contributed by atoms with Crippen LogP contribution in [0.2, 0.25) is 0 Å². The number of amides is 1. The Kier molecular flexibility index (Phi) is 4.36. The highest BCUT2D eigenvalue weighted by molar-refractivity contribution is 5.95. The van der Waals surface area contributed by atoms with Gasteiger partial charge in [0.2, 0.25) is 0 Å². The summed E-state index contributed by atoms with van der Waals surface area (Å²) in [7, 11) is 0. The van der Waals surface area contributed by atoms with Gasteiger partial charge in [-0.05, 0) is 43.7 Å². The van der Waals surface area contributed by atoms with Gasteiger partial charge in [-0.3, -0.25) is 4.79 Å². The summed E-state index contributed by atoms with van der Waals surface area (Å²) in [4.78, 5) is 12.3. The molecule has 0 fully saturated rings. The normalized spacial score (nSPS) is 12.1. The van der Waals surface area contributed by atoms with Crippen LogP contribution in [-0.2, 0) is 6.42 Å². The zero-order valence-corrected chi connectivity index (χ0v) is 10.9. The van der Waals surface area contributed by atoms with Crippen molar-refractivity contribution in [3.8, 4) is 0 Å². The zero-order valence-electron chi connectivity index (χ0n) is 10.9. The lowest BCUT2D eigenvalue weighted by molar-refractivity contribution is 0.0934. The Morgan fingerprint density at radius 2 is 2.11 bits per heavy atom. The predicted molar refractivity (Wildman–Crippen MR) is 73.8 cm³/mol. The number of furan rings is 1. The van der Waals surface area contributed by atoms with Crippen LogP contribution in [-0.4, -0.2) is 12.5 Å². The van der Waals surface area contributed by atoms with Gasteiger partial charge < -0.3 is 15.5 Å². The van der Waals surface area contributed by atoms with Crippen molar-refractivity contribution in [1.29, 1.82) is 0 Å². The number of carbonyl (C=O) groups is 1. The third kappa shape index (κ3) is 3.23. The summed E-state index contributed by atoms with van der Waals surface area (Å²) in [6.45, 7) is 2.42. The fourth-order valence-electron chi connectivity index (χ4n) is 2.00. The molecule has 4 heteroatoms. The highest BCUT2D eigenvalue weighted by Gasteiger charge is 2.15. The minimum atomic E-state index is -0.159. The molecule has 1 aromatic heterocycles. The molecule has 0 saturated heterocycles. The summed E-state index contributed by atoms with van der Waals surface area (Å²) in [5, 5.41) is 2.92. The Hall–Kier alpha value is -2.07. The second-order valence-corrected chi connectivity index (χ2v) is 4.41. The number of rotatable bonds is 5. The fraction of sp³-hybridized carbons (Fsp3) is 0.267. The van der Waals surface area contributed by atoms with Crippen molar-refractivity contribution in [2.75, 3.05) is 6.54 Å². The molecule has 0 saturated carbocycles. The molecule has 0 radical (unpaired) electrons. The molecule has 0 aliphatic rings. The third-order valence-corrected chi connectivity index (χ3v) is 2.99. The van der Waals surface area contributed by atoms with E-state index in [4.69, 9.17) is 10.2 Å². The molecular formula is C15H18N2O2. The van der Waals surface area contributed by atoms with Crippen molar-refractivity contribution in [3.63, 3.8) is 0 Å². The van der Waals surface area contributed by atoms with Crippen molar-refractivity contribution in [2.24, 2.45) is 5.73 Å². The molecule has 100 valence electrons. The highest BCUT2D eigenvalue weighted by atomic mass is 16.3. The fourth-order valence-corrected chi connectivity index (χ4v) is 2.00. The summed E-state index contributed by atoms with van der Waals surface area (Å²) >= 11 is 0. The maximum Gasteiger partial charge on any atom is 0.252 e. The highest BCUT2D eigenvalue weighted by Crippen LogP contribution is 2.15. The average Bonchev–Trinajstić information content (AvgIpc) is 2.93. The average molecular weight is 258 g/mol. The van der Waals surface area contributed by atoms with E-state index in [1.807, 2.05) is 37.3 Å². The van der Waals surface area contributed by atoms with Crippen molar-refractivity contribution in [2.45, 2.75) is 19.4 Å².